The van der Waals surface area contributed by atoms with E-state index in [9.17, 15) is 24.2 Å². The van der Waals surface area contributed by atoms with Gasteiger partial charge in [-0.3, -0.25) is 14.2 Å². The van der Waals surface area contributed by atoms with Gasteiger partial charge in [-0.25, -0.2) is 0 Å². The fraction of sp³-hybridized carbons (Fsp3) is 0.909. The van der Waals surface area contributed by atoms with Crippen molar-refractivity contribution in [3.05, 3.63) is 0 Å². The van der Waals surface area contributed by atoms with Crippen LogP contribution in [0.4, 0.5) is 0 Å². The second kappa shape index (κ2) is 12.9. The number of amides is 1. The summed E-state index contributed by atoms with van der Waals surface area (Å²) >= 11 is 0. The molecule has 1 amide bonds. The first-order valence-corrected chi connectivity index (χ1v) is 13.6. The molecule has 1 aliphatic carbocycles. The van der Waals surface area contributed by atoms with E-state index in [1.165, 1.54) is 6.42 Å². The number of ketones is 1. The molecule has 0 saturated heterocycles. The Morgan fingerprint density at radius 3 is 2.30 bits per heavy atom. The van der Waals surface area contributed by atoms with Crippen LogP contribution in [0.15, 0.2) is 0 Å². The minimum Gasteiger partial charge on any atom is -0.393 e. The third kappa shape index (κ3) is 9.59. The van der Waals surface area contributed by atoms with Crippen LogP contribution in [0, 0.1) is 17.8 Å². The van der Waals surface area contributed by atoms with E-state index in [0.29, 0.717) is 6.42 Å². The minimum atomic E-state index is -3.42. The second-order valence-electron chi connectivity index (χ2n) is 9.52. The smallest absolute Gasteiger partial charge is 0.237 e. The molecule has 0 heterocycles. The van der Waals surface area contributed by atoms with Gasteiger partial charge < -0.3 is 21.1 Å². The largest absolute Gasteiger partial charge is 0.393 e. The van der Waals surface area contributed by atoms with Crippen LogP contribution in [0.5, 0.6) is 0 Å². The molecule has 0 aromatic heterocycles. The second-order valence-corrected chi connectivity index (χ2v) is 11.9. The number of hydrogen-bond acceptors (Lipinski definition) is 5. The zero-order valence-corrected chi connectivity index (χ0v) is 20.1. The van der Waals surface area contributed by atoms with E-state index in [2.05, 4.69) is 5.32 Å². The van der Waals surface area contributed by atoms with Crippen molar-refractivity contribution in [2.24, 2.45) is 23.5 Å². The van der Waals surface area contributed by atoms with Gasteiger partial charge in [0.15, 0.2) is 5.78 Å². The molecule has 5 atom stereocenters. The molecular formula is C22H43N2O5P. The summed E-state index contributed by atoms with van der Waals surface area (Å²) in [6.07, 6.45) is 5.32. The van der Waals surface area contributed by atoms with Crippen LogP contribution >= 0.6 is 7.37 Å². The highest BCUT2D eigenvalue weighted by atomic mass is 31.2. The molecule has 1 aliphatic rings. The number of carbonyl (C=O) groups excluding carboxylic acids is 2. The van der Waals surface area contributed by atoms with E-state index in [1.54, 1.807) is 0 Å². The van der Waals surface area contributed by atoms with Crippen LogP contribution in [0.2, 0.25) is 0 Å². The van der Waals surface area contributed by atoms with Crippen molar-refractivity contribution in [2.45, 2.75) is 97.2 Å². The minimum absolute atomic E-state index is 0.0395. The molecule has 0 bridgehead atoms. The lowest BCUT2D eigenvalue weighted by Gasteiger charge is -2.27. The Hall–Kier alpha value is -0.750. The average molecular weight is 447 g/mol. The predicted molar refractivity (Wildman–Crippen MR) is 121 cm³/mol. The molecule has 0 aromatic rings. The van der Waals surface area contributed by atoms with Crippen molar-refractivity contribution >= 4 is 19.1 Å². The highest BCUT2D eigenvalue weighted by Crippen LogP contribution is 2.46. The maximum absolute atomic E-state index is 12.8. The van der Waals surface area contributed by atoms with E-state index in [0.717, 1.165) is 25.7 Å². The number of aliphatic hydroxyl groups excluding tert-OH is 1. The monoisotopic (exact) mass is 446 g/mol. The number of hydrogen-bond donors (Lipinski definition) is 4. The molecule has 0 radical (unpaired) electrons. The van der Waals surface area contributed by atoms with Crippen LogP contribution in [0.3, 0.4) is 0 Å². The lowest BCUT2D eigenvalue weighted by molar-refractivity contribution is -0.130. The van der Waals surface area contributed by atoms with Crippen LogP contribution in [-0.4, -0.2) is 52.2 Å². The van der Waals surface area contributed by atoms with Gasteiger partial charge in [0.05, 0.1) is 24.3 Å². The fourth-order valence-corrected chi connectivity index (χ4v) is 6.22. The van der Waals surface area contributed by atoms with Crippen molar-refractivity contribution in [3.63, 3.8) is 0 Å². The van der Waals surface area contributed by atoms with Gasteiger partial charge in [-0.15, -0.1) is 0 Å². The molecule has 1 saturated carbocycles. The normalized spacial score (nSPS) is 21.5. The third-order valence-electron chi connectivity index (χ3n) is 6.37. The van der Waals surface area contributed by atoms with Crippen molar-refractivity contribution in [3.8, 4) is 0 Å². The van der Waals surface area contributed by atoms with Crippen LogP contribution < -0.4 is 11.1 Å². The molecule has 1 rings (SSSR count). The highest BCUT2D eigenvalue weighted by molar-refractivity contribution is 7.58. The molecular weight excluding hydrogens is 403 g/mol. The maximum atomic E-state index is 12.8. The Labute approximate surface area is 182 Å². The number of nitrogens with two attached hydrogens (primary N) is 1. The van der Waals surface area contributed by atoms with Crippen LogP contribution in [-0.2, 0) is 14.2 Å². The Kier molecular flexibility index (Phi) is 11.8. The molecule has 0 spiro atoms. The molecule has 8 heteroatoms. The van der Waals surface area contributed by atoms with Gasteiger partial charge in [-0.1, -0.05) is 53.4 Å². The summed E-state index contributed by atoms with van der Waals surface area (Å²) in [5, 5.41) is 13.1. The van der Waals surface area contributed by atoms with Crippen LogP contribution in [0.25, 0.3) is 0 Å². The molecule has 176 valence electrons. The van der Waals surface area contributed by atoms with Crippen molar-refractivity contribution in [1.82, 2.24) is 5.32 Å². The quantitative estimate of drug-likeness (QED) is 0.322. The van der Waals surface area contributed by atoms with Gasteiger partial charge in [-0.2, -0.15) is 0 Å². The van der Waals surface area contributed by atoms with E-state index < -0.39 is 25.6 Å². The highest BCUT2D eigenvalue weighted by Gasteiger charge is 2.31. The van der Waals surface area contributed by atoms with E-state index in [1.807, 2.05) is 27.7 Å². The summed E-state index contributed by atoms with van der Waals surface area (Å²) < 4.78 is 12.5. The molecule has 0 aliphatic heterocycles. The van der Waals surface area contributed by atoms with Crippen molar-refractivity contribution in [2.75, 3.05) is 12.3 Å². The summed E-state index contributed by atoms with van der Waals surface area (Å²) in [7, 11) is -3.42. The van der Waals surface area contributed by atoms with Crippen molar-refractivity contribution < 1.29 is 24.2 Å². The summed E-state index contributed by atoms with van der Waals surface area (Å²) in [6, 6.07) is -1.35. The molecule has 5 N–H and O–H groups in total. The molecule has 7 nitrogen and oxygen atoms in total. The van der Waals surface area contributed by atoms with Gasteiger partial charge in [-0.05, 0) is 37.0 Å². The van der Waals surface area contributed by atoms with Crippen molar-refractivity contribution in [1.29, 1.82) is 0 Å². The maximum Gasteiger partial charge on any atom is 0.237 e. The number of Topliss-reactive ketones (excluding diaryl/α,β-unsaturated/α-hetero) is 1. The lowest BCUT2D eigenvalue weighted by atomic mass is 9.91. The Balaban J connectivity index is 2.57. The van der Waals surface area contributed by atoms with Gasteiger partial charge in [0, 0.05) is 12.6 Å². The Bertz CT molecular complexity index is 592. The van der Waals surface area contributed by atoms with E-state index >= 15 is 0 Å². The number of carbonyl (C=O) groups is 2. The standard InChI is InChI=1S/C22H43N2O5P/c1-5-16(4)21(24-22(27)20(23)15(2)3)19(26)12-11-18(25)14-30(28,29)13-17-9-7-6-8-10-17/h15-18,20-21,25H,5-14,23H2,1-4H3,(H,24,27)(H,28,29)/t16?,18-,20+,21-/m1/s1. The van der Waals surface area contributed by atoms with Gasteiger partial charge in [0.2, 0.25) is 13.3 Å². The summed E-state index contributed by atoms with van der Waals surface area (Å²) in [4.78, 5) is 35.4. The van der Waals surface area contributed by atoms with E-state index in [4.69, 9.17) is 5.73 Å². The average Bonchev–Trinajstić information content (AvgIpc) is 2.68. The molecule has 0 aromatic carbocycles. The number of aliphatic hydroxyl groups is 1. The lowest BCUT2D eigenvalue weighted by Crippen LogP contribution is -2.52. The number of nitrogens with one attached hydrogen (secondary N) is 1. The number of rotatable bonds is 13. The summed E-state index contributed by atoms with van der Waals surface area (Å²) in [6.45, 7) is 7.54. The zero-order chi connectivity index (χ0) is 22.9. The predicted octanol–water partition coefficient (Wildman–Crippen LogP) is 3.06. The van der Waals surface area contributed by atoms with Gasteiger partial charge in [0.25, 0.3) is 0 Å². The van der Waals surface area contributed by atoms with Gasteiger partial charge in [0.1, 0.15) is 0 Å². The zero-order valence-electron chi connectivity index (χ0n) is 19.2. The SMILES string of the molecule is CCC(C)[C@@H](NC(=O)[C@@H](N)C(C)C)C(=O)CC[C@@H](O)CP(=O)(O)CC1CCCCC1. The first-order chi connectivity index (χ1) is 14.0. The van der Waals surface area contributed by atoms with Crippen LogP contribution in [0.1, 0.15) is 79.1 Å². The third-order valence-corrected chi connectivity index (χ3v) is 8.45. The Morgan fingerprint density at radius 2 is 1.77 bits per heavy atom. The first kappa shape index (κ1) is 27.3. The Morgan fingerprint density at radius 1 is 1.17 bits per heavy atom. The molecule has 2 unspecified atom stereocenters. The summed E-state index contributed by atoms with van der Waals surface area (Å²) in [5.41, 5.74) is 5.90. The first-order valence-electron chi connectivity index (χ1n) is 11.5. The topological polar surface area (TPSA) is 130 Å². The van der Waals surface area contributed by atoms with Gasteiger partial charge >= 0.3 is 0 Å². The summed E-state index contributed by atoms with van der Waals surface area (Å²) in [5.74, 6) is -0.363. The molecule has 30 heavy (non-hydrogen) atoms. The fourth-order valence-electron chi connectivity index (χ4n) is 4.06. The molecule has 1 fully saturated rings. The van der Waals surface area contributed by atoms with E-state index in [-0.39, 0.29) is 54.6 Å².